The number of likely N-dealkylation sites (tertiary alicyclic amines) is 1. The molecule has 2 atom stereocenters. The van der Waals surface area contributed by atoms with Crippen LogP contribution in [0.4, 0.5) is 0 Å². The van der Waals surface area contributed by atoms with E-state index in [1.807, 2.05) is 38.2 Å². The molecule has 3 heterocycles. The third kappa shape index (κ3) is 3.48. The second-order valence-corrected chi connectivity index (χ2v) is 7.41. The summed E-state index contributed by atoms with van der Waals surface area (Å²) in [5.74, 6) is 1.80. The standard InChI is InChI=1S/C20H24N4O2/c1-13(2)20-22-19(26-23-20)12-24-10-15(18(25)11-24)9-14-7-8-21-17-6-4-3-5-16(14)17/h3-8,13,15,18,25H,9-12H2,1-2H3/t15-,18+/m1/s1. The minimum Gasteiger partial charge on any atom is -0.391 e. The minimum absolute atomic E-state index is 0.188. The van der Waals surface area contributed by atoms with Gasteiger partial charge in [-0.1, -0.05) is 37.2 Å². The van der Waals surface area contributed by atoms with E-state index in [9.17, 15) is 5.11 Å². The lowest BCUT2D eigenvalue weighted by atomic mass is 9.94. The molecule has 1 fully saturated rings. The number of aromatic nitrogens is 3. The van der Waals surface area contributed by atoms with Gasteiger partial charge in [-0.2, -0.15) is 4.98 Å². The first-order valence-corrected chi connectivity index (χ1v) is 9.15. The zero-order valence-electron chi connectivity index (χ0n) is 15.2. The molecular weight excluding hydrogens is 328 g/mol. The molecule has 4 rings (SSSR count). The zero-order valence-corrected chi connectivity index (χ0v) is 15.2. The van der Waals surface area contributed by atoms with Gasteiger partial charge in [-0.25, -0.2) is 0 Å². The Hall–Kier alpha value is -2.31. The maximum absolute atomic E-state index is 10.5. The third-order valence-corrected chi connectivity index (χ3v) is 5.06. The Kier molecular flexibility index (Phi) is 4.70. The summed E-state index contributed by atoms with van der Waals surface area (Å²) in [6, 6.07) is 10.2. The molecule has 1 aliphatic rings. The monoisotopic (exact) mass is 352 g/mol. The van der Waals surface area contributed by atoms with Crippen LogP contribution >= 0.6 is 0 Å². The van der Waals surface area contributed by atoms with E-state index >= 15 is 0 Å². The van der Waals surface area contributed by atoms with Crippen molar-refractivity contribution in [1.29, 1.82) is 0 Å². The SMILES string of the molecule is CC(C)c1noc(CN2C[C@@H](Cc3ccnc4ccccc34)[C@@H](O)C2)n1. The first-order chi connectivity index (χ1) is 12.6. The normalized spacial score (nSPS) is 21.1. The van der Waals surface area contributed by atoms with Gasteiger partial charge in [0, 0.05) is 36.5 Å². The highest BCUT2D eigenvalue weighted by molar-refractivity contribution is 5.81. The van der Waals surface area contributed by atoms with Gasteiger partial charge in [0.2, 0.25) is 5.89 Å². The molecule has 0 radical (unpaired) electrons. The summed E-state index contributed by atoms with van der Waals surface area (Å²) in [5.41, 5.74) is 2.24. The summed E-state index contributed by atoms with van der Waals surface area (Å²) in [6.07, 6.45) is 2.33. The number of rotatable bonds is 5. The van der Waals surface area contributed by atoms with Crippen LogP contribution in [-0.4, -0.2) is 44.3 Å². The second-order valence-electron chi connectivity index (χ2n) is 7.41. The molecule has 6 heteroatoms. The smallest absolute Gasteiger partial charge is 0.240 e. The van der Waals surface area contributed by atoms with Crippen LogP contribution < -0.4 is 0 Å². The highest BCUT2D eigenvalue weighted by Gasteiger charge is 2.32. The molecule has 2 aromatic heterocycles. The van der Waals surface area contributed by atoms with Crippen molar-refractivity contribution in [2.75, 3.05) is 13.1 Å². The van der Waals surface area contributed by atoms with Crippen molar-refractivity contribution in [2.24, 2.45) is 5.92 Å². The number of fused-ring (bicyclic) bond motifs is 1. The molecule has 6 nitrogen and oxygen atoms in total. The summed E-state index contributed by atoms with van der Waals surface area (Å²) in [7, 11) is 0. The van der Waals surface area contributed by atoms with Crippen LogP contribution in [-0.2, 0) is 13.0 Å². The fraction of sp³-hybridized carbons (Fsp3) is 0.450. The number of aliphatic hydroxyl groups is 1. The van der Waals surface area contributed by atoms with Gasteiger partial charge in [-0.3, -0.25) is 9.88 Å². The van der Waals surface area contributed by atoms with Crippen molar-refractivity contribution in [3.8, 4) is 0 Å². The fourth-order valence-electron chi connectivity index (χ4n) is 3.64. The van der Waals surface area contributed by atoms with Gasteiger partial charge < -0.3 is 9.63 Å². The van der Waals surface area contributed by atoms with Crippen LogP contribution in [0.1, 0.15) is 37.0 Å². The van der Waals surface area contributed by atoms with Gasteiger partial charge >= 0.3 is 0 Å². The number of aliphatic hydroxyl groups excluding tert-OH is 1. The molecule has 0 amide bonds. The number of hydrogen-bond acceptors (Lipinski definition) is 6. The summed E-state index contributed by atoms with van der Waals surface area (Å²) in [4.78, 5) is 11.1. The van der Waals surface area contributed by atoms with Crippen molar-refractivity contribution < 1.29 is 9.63 Å². The van der Waals surface area contributed by atoms with Gasteiger partial charge in [-0.05, 0) is 24.1 Å². The van der Waals surface area contributed by atoms with Crippen molar-refractivity contribution in [3.63, 3.8) is 0 Å². The highest BCUT2D eigenvalue weighted by atomic mass is 16.5. The Morgan fingerprint density at radius 3 is 2.88 bits per heavy atom. The van der Waals surface area contributed by atoms with E-state index in [2.05, 4.69) is 32.2 Å². The number of para-hydroxylation sites is 1. The van der Waals surface area contributed by atoms with E-state index in [0.717, 1.165) is 24.3 Å². The molecule has 0 aliphatic carbocycles. The summed E-state index contributed by atoms with van der Waals surface area (Å²) in [6.45, 7) is 6.13. The van der Waals surface area contributed by atoms with Crippen molar-refractivity contribution >= 4 is 10.9 Å². The van der Waals surface area contributed by atoms with Gasteiger partial charge in [0.15, 0.2) is 5.82 Å². The molecule has 1 saturated heterocycles. The first-order valence-electron chi connectivity index (χ1n) is 9.15. The number of hydrogen-bond donors (Lipinski definition) is 1. The van der Waals surface area contributed by atoms with E-state index in [1.54, 1.807) is 0 Å². The second kappa shape index (κ2) is 7.13. The van der Waals surface area contributed by atoms with Crippen molar-refractivity contribution in [3.05, 3.63) is 53.8 Å². The predicted octanol–water partition coefficient (Wildman–Crippen LogP) is 2.78. The third-order valence-electron chi connectivity index (χ3n) is 5.06. The van der Waals surface area contributed by atoms with Gasteiger partial charge in [0.25, 0.3) is 0 Å². The Balaban J connectivity index is 1.45. The van der Waals surface area contributed by atoms with E-state index in [-0.39, 0.29) is 17.9 Å². The van der Waals surface area contributed by atoms with Crippen molar-refractivity contribution in [2.45, 2.75) is 38.8 Å². The van der Waals surface area contributed by atoms with Crippen LogP contribution in [0.5, 0.6) is 0 Å². The summed E-state index contributed by atoms with van der Waals surface area (Å²) >= 11 is 0. The lowest BCUT2D eigenvalue weighted by Gasteiger charge is -2.15. The maximum atomic E-state index is 10.5. The molecule has 1 N–H and O–H groups in total. The molecule has 0 unspecified atom stereocenters. The summed E-state index contributed by atoms with van der Waals surface area (Å²) < 4.78 is 5.34. The Morgan fingerprint density at radius 2 is 2.08 bits per heavy atom. The average Bonchev–Trinajstić information content (AvgIpc) is 3.23. The van der Waals surface area contributed by atoms with E-state index in [4.69, 9.17) is 4.52 Å². The molecule has 26 heavy (non-hydrogen) atoms. The lowest BCUT2D eigenvalue weighted by Crippen LogP contribution is -2.21. The van der Waals surface area contributed by atoms with Gasteiger partial charge in [0.1, 0.15) is 0 Å². The number of nitrogens with zero attached hydrogens (tertiary/aromatic N) is 4. The van der Waals surface area contributed by atoms with E-state index < -0.39 is 0 Å². The van der Waals surface area contributed by atoms with Crippen LogP contribution in [0.2, 0.25) is 0 Å². The van der Waals surface area contributed by atoms with Crippen molar-refractivity contribution in [1.82, 2.24) is 20.0 Å². The molecule has 0 bridgehead atoms. The van der Waals surface area contributed by atoms with Crippen LogP contribution in [0.15, 0.2) is 41.1 Å². The van der Waals surface area contributed by atoms with Crippen LogP contribution in [0.25, 0.3) is 10.9 Å². The molecule has 3 aromatic rings. The average molecular weight is 352 g/mol. The summed E-state index contributed by atoms with van der Waals surface area (Å²) in [5, 5.41) is 15.7. The molecule has 1 aromatic carbocycles. The van der Waals surface area contributed by atoms with Crippen LogP contribution in [0.3, 0.4) is 0 Å². The predicted molar refractivity (Wildman–Crippen MR) is 98.6 cm³/mol. The number of β-amino-alcohol motifs (C(OH)–C–C–N with tert-alkyl or cyclic N) is 1. The first kappa shape index (κ1) is 17.1. The molecule has 0 saturated carbocycles. The molecular formula is C20H24N4O2. The Labute approximate surface area is 152 Å². The van der Waals surface area contributed by atoms with Gasteiger partial charge in [0.05, 0.1) is 18.2 Å². The number of pyridine rings is 1. The zero-order chi connectivity index (χ0) is 18.1. The molecule has 1 aliphatic heterocycles. The lowest BCUT2D eigenvalue weighted by molar-refractivity contribution is 0.139. The maximum Gasteiger partial charge on any atom is 0.240 e. The number of benzene rings is 1. The quantitative estimate of drug-likeness (QED) is 0.761. The minimum atomic E-state index is -0.352. The molecule has 136 valence electrons. The topological polar surface area (TPSA) is 75.3 Å². The fourth-order valence-corrected chi connectivity index (χ4v) is 3.64. The van der Waals surface area contributed by atoms with Crippen LogP contribution in [0, 0.1) is 5.92 Å². The van der Waals surface area contributed by atoms with Gasteiger partial charge in [-0.15, -0.1) is 0 Å². The highest BCUT2D eigenvalue weighted by Crippen LogP contribution is 2.26. The largest absolute Gasteiger partial charge is 0.391 e. The Morgan fingerprint density at radius 1 is 1.23 bits per heavy atom. The molecule has 0 spiro atoms. The van der Waals surface area contributed by atoms with E-state index in [1.165, 1.54) is 10.9 Å². The van der Waals surface area contributed by atoms with E-state index in [0.29, 0.717) is 19.0 Å². The Bertz CT molecular complexity index is 887.